The summed E-state index contributed by atoms with van der Waals surface area (Å²) in [7, 11) is 0. The van der Waals surface area contributed by atoms with Gasteiger partial charge in [0.05, 0.1) is 17.8 Å². The van der Waals surface area contributed by atoms with E-state index in [4.69, 9.17) is 14.6 Å². The van der Waals surface area contributed by atoms with Crippen molar-refractivity contribution >= 4 is 11.9 Å². The van der Waals surface area contributed by atoms with Gasteiger partial charge in [-0.2, -0.15) is 13.2 Å². The number of carbonyl (C=O) groups is 2. The number of benzene rings is 1. The lowest BCUT2D eigenvalue weighted by molar-refractivity contribution is -0.790. The van der Waals surface area contributed by atoms with Gasteiger partial charge in [0.25, 0.3) is 10.2 Å². The predicted octanol–water partition coefficient (Wildman–Crippen LogP) is 4.07. The zero-order valence-corrected chi connectivity index (χ0v) is 25.1. The fourth-order valence-corrected chi connectivity index (χ4v) is 4.90. The smallest absolute Gasteiger partial charge is 0.416 e. The highest BCUT2D eigenvalue weighted by Gasteiger charge is 2.39. The second-order valence-corrected chi connectivity index (χ2v) is 10.7. The van der Waals surface area contributed by atoms with E-state index in [0.29, 0.717) is 19.3 Å². The maximum absolute atomic E-state index is 13.2. The summed E-state index contributed by atoms with van der Waals surface area (Å²) in [4.78, 5) is 52.8. The van der Waals surface area contributed by atoms with Gasteiger partial charge >= 0.3 is 18.1 Å². The Morgan fingerprint density at radius 2 is 1.79 bits per heavy atom. The fraction of sp³-hybridized carbons (Fsp3) is 0.586. The normalized spacial score (nSPS) is 21.0. The molecule has 1 saturated carbocycles. The Morgan fingerprint density at radius 3 is 2.45 bits per heavy atom. The fourth-order valence-electron chi connectivity index (χ4n) is 4.90. The summed E-state index contributed by atoms with van der Waals surface area (Å²) in [5, 5.41) is 48.6. The lowest BCUT2D eigenvalue weighted by atomic mass is 9.89. The van der Waals surface area contributed by atoms with Crippen molar-refractivity contribution in [3.8, 4) is 5.75 Å². The Hall–Kier alpha value is -4.45. The van der Waals surface area contributed by atoms with Crippen LogP contribution in [0.2, 0.25) is 0 Å². The number of allylic oxidation sites excluding steroid dienone is 2. The Balaban J connectivity index is 2.12. The molecule has 1 aromatic rings. The van der Waals surface area contributed by atoms with E-state index in [1.54, 1.807) is 12.2 Å². The Kier molecular flexibility index (Phi) is 15.9. The molecule has 2 rings (SSSR count). The number of carboxylic acid groups (broad SMARTS) is 1. The predicted molar refractivity (Wildman–Crippen MR) is 153 cm³/mol. The van der Waals surface area contributed by atoms with Crippen LogP contribution in [0.1, 0.15) is 56.9 Å². The van der Waals surface area contributed by atoms with Crippen molar-refractivity contribution < 1.29 is 67.4 Å². The number of carbonyl (C=O) groups excluding carboxylic acids is 1. The number of alkyl halides is 3. The first-order valence-electron chi connectivity index (χ1n) is 14.6. The van der Waals surface area contributed by atoms with Gasteiger partial charge in [-0.15, -0.1) is 20.2 Å². The van der Waals surface area contributed by atoms with Crippen LogP contribution < -0.4 is 4.74 Å². The van der Waals surface area contributed by atoms with Crippen LogP contribution in [0.3, 0.4) is 0 Å². The Morgan fingerprint density at radius 1 is 1.04 bits per heavy atom. The van der Waals surface area contributed by atoms with Gasteiger partial charge in [0, 0.05) is 25.2 Å². The number of aliphatic carboxylic acids is 1. The summed E-state index contributed by atoms with van der Waals surface area (Å²) in [6.45, 7) is -1.19. The summed E-state index contributed by atoms with van der Waals surface area (Å²) >= 11 is 0. The number of aliphatic hydroxyl groups excluding tert-OH is 2. The molecule has 0 bridgehead atoms. The van der Waals surface area contributed by atoms with Crippen LogP contribution in [0.4, 0.5) is 13.2 Å². The lowest BCUT2D eigenvalue weighted by Crippen LogP contribution is -2.26. The summed E-state index contributed by atoms with van der Waals surface area (Å²) in [5.74, 6) is -2.97. The SMILES string of the molecule is O=C(O)CCC/C=C\C[C@@H]1C(/C=C/[C@H](COc2cccc(C(F)(F)F)c2)OC(=O)CCCC(CO[N+](=O)[O-])O[N+](=O)[O-])[C@H](O)C[C@@H]1O. The number of carboxylic acids is 1. The third-order valence-electron chi connectivity index (χ3n) is 7.17. The third kappa shape index (κ3) is 15.1. The summed E-state index contributed by atoms with van der Waals surface area (Å²) in [6.07, 6.45) is -1.80. The van der Waals surface area contributed by atoms with Gasteiger partial charge in [-0.3, -0.25) is 9.59 Å². The van der Waals surface area contributed by atoms with Crippen molar-refractivity contribution in [2.45, 2.75) is 82.0 Å². The van der Waals surface area contributed by atoms with Crippen LogP contribution >= 0.6 is 0 Å². The van der Waals surface area contributed by atoms with Gasteiger partial charge < -0.3 is 34.5 Å². The molecule has 18 heteroatoms. The molecule has 0 aromatic heterocycles. The second kappa shape index (κ2) is 19.3. The average molecular weight is 679 g/mol. The molecule has 1 fully saturated rings. The van der Waals surface area contributed by atoms with Crippen LogP contribution in [0.15, 0.2) is 48.6 Å². The first-order valence-corrected chi connectivity index (χ1v) is 14.6. The first kappa shape index (κ1) is 38.7. The van der Waals surface area contributed by atoms with Gasteiger partial charge in [-0.05, 0) is 62.3 Å². The Labute approximate surface area is 266 Å². The van der Waals surface area contributed by atoms with E-state index in [1.807, 2.05) is 0 Å². The minimum Gasteiger partial charge on any atom is -0.489 e. The lowest BCUT2D eigenvalue weighted by Gasteiger charge is -2.21. The van der Waals surface area contributed by atoms with Crippen LogP contribution in [0.25, 0.3) is 0 Å². The monoisotopic (exact) mass is 678 g/mol. The number of halogens is 3. The van der Waals surface area contributed by atoms with Crippen molar-refractivity contribution in [1.29, 1.82) is 0 Å². The van der Waals surface area contributed by atoms with Crippen LogP contribution in [-0.4, -0.2) is 75.1 Å². The van der Waals surface area contributed by atoms with E-state index < -0.39 is 83.3 Å². The molecule has 1 aliphatic rings. The number of hydrogen-bond donors (Lipinski definition) is 3. The van der Waals surface area contributed by atoms with Gasteiger partial charge in [0.15, 0.2) is 6.10 Å². The summed E-state index contributed by atoms with van der Waals surface area (Å²) in [5.41, 5.74) is -0.964. The highest BCUT2D eigenvalue weighted by Crippen LogP contribution is 2.36. The summed E-state index contributed by atoms with van der Waals surface area (Å²) < 4.78 is 50.4. The van der Waals surface area contributed by atoms with E-state index in [-0.39, 0.29) is 37.9 Å². The van der Waals surface area contributed by atoms with Crippen LogP contribution in [0, 0.1) is 32.1 Å². The largest absolute Gasteiger partial charge is 0.489 e. The van der Waals surface area contributed by atoms with Crippen molar-refractivity contribution in [3.63, 3.8) is 0 Å². The van der Waals surface area contributed by atoms with Gasteiger partial charge in [-0.25, -0.2) is 0 Å². The van der Waals surface area contributed by atoms with Crippen molar-refractivity contribution in [1.82, 2.24) is 0 Å². The average Bonchev–Trinajstić information content (AvgIpc) is 3.25. The van der Waals surface area contributed by atoms with E-state index >= 15 is 0 Å². The van der Waals surface area contributed by atoms with Crippen molar-refractivity contribution in [2.75, 3.05) is 13.2 Å². The zero-order valence-electron chi connectivity index (χ0n) is 25.1. The molecule has 15 nitrogen and oxygen atoms in total. The molecular weight excluding hydrogens is 641 g/mol. The van der Waals surface area contributed by atoms with E-state index in [0.717, 1.165) is 18.2 Å². The highest BCUT2D eigenvalue weighted by molar-refractivity contribution is 5.69. The maximum Gasteiger partial charge on any atom is 0.416 e. The molecule has 262 valence electrons. The molecule has 2 unspecified atom stereocenters. The van der Waals surface area contributed by atoms with Gasteiger partial charge in [-0.1, -0.05) is 24.3 Å². The number of hydrogen-bond acceptors (Lipinski definition) is 12. The molecule has 1 aromatic carbocycles. The number of rotatable bonds is 21. The van der Waals surface area contributed by atoms with Gasteiger partial charge in [0.2, 0.25) is 0 Å². The molecule has 0 saturated heterocycles. The number of nitrogens with zero attached hydrogens (tertiary/aromatic N) is 2. The van der Waals surface area contributed by atoms with Crippen LogP contribution in [0.5, 0.6) is 5.75 Å². The first-order chi connectivity index (χ1) is 22.1. The number of unbranched alkanes of at least 4 members (excludes halogenated alkanes) is 1. The quantitative estimate of drug-likeness (QED) is 0.0550. The maximum atomic E-state index is 13.2. The number of esters is 1. The molecular formula is C29H37F3N2O13. The molecule has 1 aliphatic carbocycles. The van der Waals surface area contributed by atoms with Gasteiger partial charge in [0.1, 0.15) is 25.1 Å². The topological polar surface area (TPSA) is 218 Å². The molecule has 0 aliphatic heterocycles. The van der Waals surface area contributed by atoms with E-state index in [2.05, 4.69) is 9.68 Å². The standard InChI is InChI=1S/C29H37F3N2O13/c30-29(31,32)19-7-5-8-20(15-19)44-17-21(46-28(39)12-6-9-22(47-34(42)43)18-45-33(40)41)13-14-24-23(25(35)16-26(24)36)10-3-1-2-4-11-27(37)38/h1,3,5,7-8,13-15,21-26,35-36H,2,4,6,9-12,16-18H2,(H,37,38)/b3-1-,14-13+/t21-,22?,23-,24?,25+,26-/m1/s1. The van der Waals surface area contributed by atoms with E-state index in [1.165, 1.54) is 18.2 Å². The second-order valence-electron chi connectivity index (χ2n) is 10.7. The number of ether oxygens (including phenoxy) is 2. The molecule has 0 spiro atoms. The molecule has 3 N–H and O–H groups in total. The minimum atomic E-state index is -4.63. The zero-order chi connectivity index (χ0) is 35.0. The third-order valence-corrected chi connectivity index (χ3v) is 7.17. The molecule has 0 radical (unpaired) electrons. The van der Waals surface area contributed by atoms with Crippen molar-refractivity contribution in [2.24, 2.45) is 11.8 Å². The summed E-state index contributed by atoms with van der Waals surface area (Å²) in [6, 6.07) is 4.03. The van der Waals surface area contributed by atoms with Crippen LogP contribution in [-0.2, 0) is 30.2 Å². The highest BCUT2D eigenvalue weighted by atomic mass is 19.4. The Bertz CT molecular complexity index is 1240. The number of aliphatic hydroxyl groups is 2. The van der Waals surface area contributed by atoms with Crippen molar-refractivity contribution in [3.05, 3.63) is 74.4 Å². The minimum absolute atomic E-state index is 0.00635. The molecule has 0 amide bonds. The molecule has 0 heterocycles. The molecule has 6 atom stereocenters. The van der Waals surface area contributed by atoms with E-state index in [9.17, 15) is 53.2 Å². The molecule has 47 heavy (non-hydrogen) atoms.